The van der Waals surface area contributed by atoms with Crippen molar-refractivity contribution < 1.29 is 28.6 Å². The van der Waals surface area contributed by atoms with E-state index in [-0.39, 0.29) is 31.1 Å². The zero-order valence-corrected chi connectivity index (χ0v) is 33.3. The van der Waals surface area contributed by atoms with Crippen molar-refractivity contribution in [3.8, 4) is 0 Å². The zero-order chi connectivity index (χ0) is 36.2. The molecule has 0 heterocycles. The van der Waals surface area contributed by atoms with E-state index in [9.17, 15) is 14.4 Å². The SMILES string of the molecule is CCCCCCCCCC(=O)OC[C@H](COC(=O)CCCCCCCCCC(C)C)OC(=O)CCCCCCCCCCCCC(C)CC. The molecule has 0 aliphatic heterocycles. The van der Waals surface area contributed by atoms with Gasteiger partial charge in [0.25, 0.3) is 0 Å². The molecule has 0 N–H and O–H groups in total. The summed E-state index contributed by atoms with van der Waals surface area (Å²) in [6.45, 7) is 11.3. The Kier molecular flexibility index (Phi) is 35.0. The van der Waals surface area contributed by atoms with Gasteiger partial charge >= 0.3 is 17.9 Å². The fraction of sp³-hybridized carbons (Fsp3) is 0.930. The number of ether oxygens (including phenoxy) is 3. The molecule has 6 nitrogen and oxygen atoms in total. The minimum Gasteiger partial charge on any atom is -0.462 e. The second-order valence-corrected chi connectivity index (χ2v) is 15.3. The Morgan fingerprint density at radius 1 is 0.429 bits per heavy atom. The first kappa shape index (κ1) is 47.4. The number of unbranched alkanes of at least 4 members (excludes halogenated alkanes) is 21. The third kappa shape index (κ3) is 36.0. The van der Waals surface area contributed by atoms with Crippen LogP contribution in [0.3, 0.4) is 0 Å². The summed E-state index contributed by atoms with van der Waals surface area (Å²) in [5, 5.41) is 0. The Balaban J connectivity index is 4.31. The van der Waals surface area contributed by atoms with Crippen LogP contribution in [0.1, 0.15) is 227 Å². The third-order valence-electron chi connectivity index (χ3n) is 9.83. The number of rotatable bonds is 37. The largest absolute Gasteiger partial charge is 0.462 e. The average molecular weight is 695 g/mol. The summed E-state index contributed by atoms with van der Waals surface area (Å²) < 4.78 is 16.6. The summed E-state index contributed by atoms with van der Waals surface area (Å²) in [7, 11) is 0. The molecule has 2 atom stereocenters. The number of hydrogen-bond acceptors (Lipinski definition) is 6. The molecule has 1 unspecified atom stereocenters. The first-order chi connectivity index (χ1) is 23.8. The highest BCUT2D eigenvalue weighted by atomic mass is 16.6. The summed E-state index contributed by atoms with van der Waals surface area (Å²) in [5.41, 5.74) is 0. The van der Waals surface area contributed by atoms with Gasteiger partial charge in [0.15, 0.2) is 6.10 Å². The lowest BCUT2D eigenvalue weighted by Crippen LogP contribution is -2.30. The lowest BCUT2D eigenvalue weighted by Gasteiger charge is -2.18. The van der Waals surface area contributed by atoms with Crippen LogP contribution in [0.5, 0.6) is 0 Å². The number of hydrogen-bond donors (Lipinski definition) is 0. The van der Waals surface area contributed by atoms with Gasteiger partial charge < -0.3 is 14.2 Å². The monoisotopic (exact) mass is 695 g/mol. The summed E-state index contributed by atoms with van der Waals surface area (Å²) in [6.07, 6.45) is 32.4. The highest BCUT2D eigenvalue weighted by Gasteiger charge is 2.19. The fourth-order valence-electron chi connectivity index (χ4n) is 6.19. The average Bonchev–Trinajstić information content (AvgIpc) is 3.08. The van der Waals surface area contributed by atoms with Crippen molar-refractivity contribution in [2.75, 3.05) is 13.2 Å². The van der Waals surface area contributed by atoms with Crippen LogP contribution in [0.15, 0.2) is 0 Å². The molecule has 0 rings (SSSR count). The van der Waals surface area contributed by atoms with Crippen molar-refractivity contribution in [3.05, 3.63) is 0 Å². The van der Waals surface area contributed by atoms with E-state index in [0.717, 1.165) is 69.6 Å². The molecule has 0 radical (unpaired) electrons. The van der Waals surface area contributed by atoms with Crippen molar-refractivity contribution in [1.29, 1.82) is 0 Å². The van der Waals surface area contributed by atoms with Crippen molar-refractivity contribution in [2.24, 2.45) is 11.8 Å². The molecule has 0 saturated carbocycles. The molecular weight excluding hydrogens is 612 g/mol. The molecular formula is C43H82O6. The van der Waals surface area contributed by atoms with Crippen LogP contribution < -0.4 is 0 Å². The van der Waals surface area contributed by atoms with Crippen LogP contribution in [0.25, 0.3) is 0 Å². The fourth-order valence-corrected chi connectivity index (χ4v) is 6.19. The van der Waals surface area contributed by atoms with Crippen LogP contribution in [-0.4, -0.2) is 37.2 Å². The van der Waals surface area contributed by atoms with Crippen molar-refractivity contribution in [2.45, 2.75) is 233 Å². The van der Waals surface area contributed by atoms with E-state index >= 15 is 0 Å². The molecule has 6 heteroatoms. The Hall–Kier alpha value is -1.59. The smallest absolute Gasteiger partial charge is 0.306 e. The predicted octanol–water partition coefficient (Wildman–Crippen LogP) is 13.0. The highest BCUT2D eigenvalue weighted by molar-refractivity contribution is 5.71. The van der Waals surface area contributed by atoms with E-state index < -0.39 is 6.10 Å². The molecule has 0 aliphatic carbocycles. The second-order valence-electron chi connectivity index (χ2n) is 15.3. The normalized spacial score (nSPS) is 12.6. The van der Waals surface area contributed by atoms with Crippen LogP contribution in [0.4, 0.5) is 0 Å². The minimum absolute atomic E-state index is 0.0667. The molecule has 0 saturated heterocycles. The molecule has 49 heavy (non-hydrogen) atoms. The van der Waals surface area contributed by atoms with Crippen LogP contribution in [0, 0.1) is 11.8 Å². The van der Waals surface area contributed by atoms with E-state index in [1.54, 1.807) is 0 Å². The van der Waals surface area contributed by atoms with Gasteiger partial charge in [-0.05, 0) is 31.1 Å². The molecule has 0 spiro atoms. The van der Waals surface area contributed by atoms with Crippen LogP contribution in [-0.2, 0) is 28.6 Å². The summed E-state index contributed by atoms with van der Waals surface area (Å²) in [5.74, 6) is 0.778. The van der Waals surface area contributed by atoms with E-state index in [4.69, 9.17) is 14.2 Å². The number of carbonyl (C=O) groups is 3. The minimum atomic E-state index is -0.759. The molecule has 0 aromatic carbocycles. The van der Waals surface area contributed by atoms with Crippen molar-refractivity contribution in [1.82, 2.24) is 0 Å². The Morgan fingerprint density at radius 3 is 1.16 bits per heavy atom. The van der Waals surface area contributed by atoms with Crippen molar-refractivity contribution in [3.63, 3.8) is 0 Å². The van der Waals surface area contributed by atoms with Gasteiger partial charge in [0.1, 0.15) is 13.2 Å². The van der Waals surface area contributed by atoms with E-state index in [1.165, 1.54) is 116 Å². The maximum atomic E-state index is 12.7. The van der Waals surface area contributed by atoms with Gasteiger partial charge in [0.05, 0.1) is 0 Å². The van der Waals surface area contributed by atoms with E-state index in [0.29, 0.717) is 19.3 Å². The Bertz CT molecular complexity index is 751. The quantitative estimate of drug-likeness (QED) is 0.0366. The molecule has 0 aliphatic rings. The van der Waals surface area contributed by atoms with Gasteiger partial charge in [0.2, 0.25) is 0 Å². The lowest BCUT2D eigenvalue weighted by atomic mass is 9.99. The summed E-state index contributed by atoms with van der Waals surface area (Å²) in [6, 6.07) is 0. The Labute approximate surface area is 304 Å². The number of esters is 3. The first-order valence-corrected chi connectivity index (χ1v) is 21.3. The molecule has 0 fully saturated rings. The van der Waals surface area contributed by atoms with Crippen molar-refractivity contribution >= 4 is 17.9 Å². The molecule has 0 bridgehead atoms. The predicted molar refractivity (Wildman–Crippen MR) is 206 cm³/mol. The van der Waals surface area contributed by atoms with E-state index in [2.05, 4.69) is 34.6 Å². The standard InChI is InChI=1S/C43H82O6/c1-6-8-9-10-16-23-28-33-41(44)47-36-40(37-48-42(45)34-29-24-20-15-17-21-26-31-38(3)4)49-43(46)35-30-25-19-14-12-11-13-18-22-27-32-39(5)7-2/h38-40H,6-37H2,1-5H3/t39?,40-/m1/s1. The second kappa shape index (κ2) is 36.2. The zero-order valence-electron chi connectivity index (χ0n) is 33.3. The highest BCUT2D eigenvalue weighted by Crippen LogP contribution is 2.17. The lowest BCUT2D eigenvalue weighted by molar-refractivity contribution is -0.167. The summed E-state index contributed by atoms with van der Waals surface area (Å²) >= 11 is 0. The van der Waals surface area contributed by atoms with Crippen LogP contribution >= 0.6 is 0 Å². The van der Waals surface area contributed by atoms with Gasteiger partial charge in [-0.3, -0.25) is 14.4 Å². The van der Waals surface area contributed by atoms with Gasteiger partial charge in [0, 0.05) is 19.3 Å². The van der Waals surface area contributed by atoms with Crippen LogP contribution in [0.2, 0.25) is 0 Å². The molecule has 290 valence electrons. The van der Waals surface area contributed by atoms with Gasteiger partial charge in [-0.2, -0.15) is 0 Å². The molecule has 0 aromatic heterocycles. The number of carbonyl (C=O) groups excluding carboxylic acids is 3. The maximum Gasteiger partial charge on any atom is 0.306 e. The van der Waals surface area contributed by atoms with E-state index in [1.807, 2.05) is 0 Å². The molecule has 0 amide bonds. The van der Waals surface area contributed by atoms with Gasteiger partial charge in [-0.15, -0.1) is 0 Å². The Morgan fingerprint density at radius 2 is 0.776 bits per heavy atom. The topological polar surface area (TPSA) is 78.9 Å². The summed E-state index contributed by atoms with van der Waals surface area (Å²) in [4.78, 5) is 37.5. The first-order valence-electron chi connectivity index (χ1n) is 21.3. The molecule has 0 aromatic rings. The van der Waals surface area contributed by atoms with Gasteiger partial charge in [-0.1, -0.05) is 189 Å². The third-order valence-corrected chi connectivity index (χ3v) is 9.83. The van der Waals surface area contributed by atoms with Gasteiger partial charge in [-0.25, -0.2) is 0 Å². The maximum absolute atomic E-state index is 12.7.